The molecule has 0 spiro atoms. The number of benzene rings is 1. The molecule has 0 N–H and O–H groups in total. The van der Waals surface area contributed by atoms with Crippen molar-refractivity contribution in [2.45, 2.75) is 32.4 Å². The molecule has 1 heterocycles. The van der Waals surface area contributed by atoms with E-state index in [4.69, 9.17) is 18.9 Å². The molecule has 2 rings (SSSR count). The fraction of sp³-hybridized carbons (Fsp3) is 0.474. The Bertz CT molecular complexity index is 692. The second-order valence-electron chi connectivity index (χ2n) is 6.79. The van der Waals surface area contributed by atoms with E-state index >= 15 is 0 Å². The maximum absolute atomic E-state index is 12.4. The second kappa shape index (κ2) is 8.23. The lowest BCUT2D eigenvalue weighted by molar-refractivity contribution is -0.155. The van der Waals surface area contributed by atoms with Crippen molar-refractivity contribution in [3.05, 3.63) is 36.1 Å². The molecule has 142 valence electrons. The van der Waals surface area contributed by atoms with Crippen molar-refractivity contribution in [1.29, 1.82) is 0 Å². The predicted molar refractivity (Wildman–Crippen MR) is 94.9 cm³/mol. The molecule has 0 aliphatic carbocycles. The van der Waals surface area contributed by atoms with Crippen LogP contribution < -0.4 is 9.47 Å². The van der Waals surface area contributed by atoms with E-state index in [2.05, 4.69) is 0 Å². The van der Waals surface area contributed by atoms with Crippen LogP contribution in [-0.2, 0) is 19.1 Å². The number of methoxy groups -OCH3 is 2. The summed E-state index contributed by atoms with van der Waals surface area (Å²) >= 11 is 0. The smallest absolute Gasteiger partial charge is 0.331 e. The van der Waals surface area contributed by atoms with E-state index in [0.29, 0.717) is 17.3 Å². The minimum atomic E-state index is -0.846. The normalized spacial score (nSPS) is 15.5. The SMILES string of the molecule is COC(=O)C(COC(C)(C)C)N1CC(Oc2ccccc2OC)=CC1=O. The third-order valence-electron chi connectivity index (χ3n) is 3.73. The number of hydrogen-bond donors (Lipinski definition) is 0. The third-order valence-corrected chi connectivity index (χ3v) is 3.73. The molecule has 0 radical (unpaired) electrons. The van der Waals surface area contributed by atoms with Gasteiger partial charge < -0.3 is 23.8 Å². The summed E-state index contributed by atoms with van der Waals surface area (Å²) in [5.41, 5.74) is -0.445. The first-order valence-corrected chi connectivity index (χ1v) is 8.29. The molecular weight excluding hydrogens is 338 g/mol. The van der Waals surface area contributed by atoms with Crippen LogP contribution in [0.2, 0.25) is 0 Å². The van der Waals surface area contributed by atoms with Gasteiger partial charge in [0.1, 0.15) is 5.76 Å². The van der Waals surface area contributed by atoms with E-state index < -0.39 is 17.6 Å². The minimum absolute atomic E-state index is 0.0394. The highest BCUT2D eigenvalue weighted by atomic mass is 16.5. The van der Waals surface area contributed by atoms with E-state index in [1.165, 1.54) is 18.1 Å². The number of rotatable bonds is 7. The molecule has 26 heavy (non-hydrogen) atoms. The van der Waals surface area contributed by atoms with Crippen molar-refractivity contribution in [3.63, 3.8) is 0 Å². The Kier molecular flexibility index (Phi) is 6.26. The summed E-state index contributed by atoms with van der Waals surface area (Å²) in [6.45, 7) is 5.81. The van der Waals surface area contributed by atoms with Gasteiger partial charge in [0.2, 0.25) is 0 Å². The van der Waals surface area contributed by atoms with Crippen LogP contribution in [0.4, 0.5) is 0 Å². The van der Waals surface area contributed by atoms with Gasteiger partial charge in [-0.3, -0.25) is 4.79 Å². The molecule has 7 heteroatoms. The first kappa shape index (κ1) is 19.8. The zero-order valence-corrected chi connectivity index (χ0v) is 15.8. The third kappa shape index (κ3) is 4.98. The van der Waals surface area contributed by atoms with Gasteiger partial charge in [-0.1, -0.05) is 12.1 Å². The number of para-hydroxylation sites is 2. The molecule has 1 amide bonds. The van der Waals surface area contributed by atoms with Crippen LogP contribution in [0.1, 0.15) is 20.8 Å². The Morgan fingerprint density at radius 1 is 1.19 bits per heavy atom. The van der Waals surface area contributed by atoms with Gasteiger partial charge >= 0.3 is 5.97 Å². The standard InChI is InChI=1S/C19H25NO6/c1-19(2,3)25-12-14(18(22)24-5)20-11-13(10-17(20)21)26-16-9-7-6-8-15(16)23-4/h6-10,14H,11-12H2,1-5H3. The molecule has 1 aliphatic heterocycles. The molecule has 0 fully saturated rings. The number of esters is 1. The molecule has 1 unspecified atom stereocenters. The molecule has 1 aromatic rings. The van der Waals surface area contributed by atoms with Gasteiger partial charge in [-0.25, -0.2) is 4.79 Å². The molecular formula is C19H25NO6. The van der Waals surface area contributed by atoms with Crippen LogP contribution in [0.5, 0.6) is 11.5 Å². The Morgan fingerprint density at radius 2 is 1.85 bits per heavy atom. The monoisotopic (exact) mass is 363 g/mol. The molecule has 7 nitrogen and oxygen atoms in total. The first-order valence-electron chi connectivity index (χ1n) is 8.29. The van der Waals surface area contributed by atoms with Crippen molar-refractivity contribution in [1.82, 2.24) is 4.90 Å². The maximum atomic E-state index is 12.4. The number of ether oxygens (including phenoxy) is 4. The number of hydrogen-bond acceptors (Lipinski definition) is 6. The van der Waals surface area contributed by atoms with Gasteiger partial charge in [-0.15, -0.1) is 0 Å². The highest BCUT2D eigenvalue weighted by molar-refractivity contribution is 5.94. The summed E-state index contributed by atoms with van der Waals surface area (Å²) in [6, 6.07) is 6.29. The molecule has 0 saturated carbocycles. The summed E-state index contributed by atoms with van der Waals surface area (Å²) in [5, 5.41) is 0. The Hall–Kier alpha value is -2.54. The van der Waals surface area contributed by atoms with E-state index in [-0.39, 0.29) is 19.1 Å². The highest BCUT2D eigenvalue weighted by Gasteiger charge is 2.36. The van der Waals surface area contributed by atoms with E-state index in [1.54, 1.807) is 25.3 Å². The molecule has 1 aromatic carbocycles. The minimum Gasteiger partial charge on any atom is -0.493 e. The first-order chi connectivity index (χ1) is 12.2. The summed E-state index contributed by atoms with van der Waals surface area (Å²) < 4.78 is 21.5. The topological polar surface area (TPSA) is 74.3 Å². The Labute approximate surface area is 153 Å². The number of amides is 1. The van der Waals surface area contributed by atoms with Crippen LogP contribution in [-0.4, -0.2) is 55.8 Å². The Morgan fingerprint density at radius 3 is 2.42 bits per heavy atom. The summed E-state index contributed by atoms with van der Waals surface area (Å²) in [5.74, 6) is 0.609. The Balaban J connectivity index is 2.11. The van der Waals surface area contributed by atoms with Crippen LogP contribution in [0.25, 0.3) is 0 Å². The van der Waals surface area contributed by atoms with Gasteiger partial charge in [0.05, 0.1) is 33.0 Å². The summed E-state index contributed by atoms with van der Waals surface area (Å²) in [6.07, 6.45) is 1.36. The van der Waals surface area contributed by atoms with Crippen molar-refractivity contribution in [2.75, 3.05) is 27.4 Å². The molecule has 0 saturated heterocycles. The fourth-order valence-electron chi connectivity index (χ4n) is 2.43. The van der Waals surface area contributed by atoms with Crippen LogP contribution >= 0.6 is 0 Å². The van der Waals surface area contributed by atoms with Crippen molar-refractivity contribution < 1.29 is 28.5 Å². The van der Waals surface area contributed by atoms with Gasteiger partial charge in [0.15, 0.2) is 17.5 Å². The van der Waals surface area contributed by atoms with Crippen LogP contribution in [0.15, 0.2) is 36.1 Å². The lowest BCUT2D eigenvalue weighted by Gasteiger charge is -2.29. The second-order valence-corrected chi connectivity index (χ2v) is 6.79. The van der Waals surface area contributed by atoms with Crippen LogP contribution in [0.3, 0.4) is 0 Å². The number of carbonyl (C=O) groups is 2. The number of nitrogens with zero attached hydrogens (tertiary/aromatic N) is 1. The van der Waals surface area contributed by atoms with E-state index in [9.17, 15) is 9.59 Å². The molecule has 1 aliphatic rings. The molecule has 1 atom stereocenters. The fourth-order valence-corrected chi connectivity index (χ4v) is 2.43. The van der Waals surface area contributed by atoms with Gasteiger partial charge in [-0.2, -0.15) is 0 Å². The quantitative estimate of drug-likeness (QED) is 0.691. The maximum Gasteiger partial charge on any atom is 0.331 e. The van der Waals surface area contributed by atoms with E-state index in [0.717, 1.165) is 0 Å². The summed E-state index contributed by atoms with van der Waals surface area (Å²) in [7, 11) is 2.83. The van der Waals surface area contributed by atoms with Crippen molar-refractivity contribution in [2.24, 2.45) is 0 Å². The highest BCUT2D eigenvalue weighted by Crippen LogP contribution is 2.29. The van der Waals surface area contributed by atoms with Crippen molar-refractivity contribution >= 4 is 11.9 Å². The zero-order chi connectivity index (χ0) is 19.3. The number of carbonyl (C=O) groups excluding carboxylic acids is 2. The largest absolute Gasteiger partial charge is 0.493 e. The molecule has 0 aromatic heterocycles. The van der Waals surface area contributed by atoms with E-state index in [1.807, 2.05) is 26.8 Å². The zero-order valence-electron chi connectivity index (χ0n) is 15.8. The average molecular weight is 363 g/mol. The van der Waals surface area contributed by atoms with Gasteiger partial charge in [-0.05, 0) is 32.9 Å². The van der Waals surface area contributed by atoms with Gasteiger partial charge in [0.25, 0.3) is 5.91 Å². The lowest BCUT2D eigenvalue weighted by Crippen LogP contribution is -2.47. The lowest BCUT2D eigenvalue weighted by atomic mass is 10.2. The van der Waals surface area contributed by atoms with Crippen molar-refractivity contribution in [3.8, 4) is 11.5 Å². The average Bonchev–Trinajstić information content (AvgIpc) is 2.94. The molecule has 0 bridgehead atoms. The van der Waals surface area contributed by atoms with Crippen LogP contribution in [0, 0.1) is 0 Å². The van der Waals surface area contributed by atoms with Gasteiger partial charge in [0, 0.05) is 6.08 Å². The predicted octanol–water partition coefficient (Wildman–Crippen LogP) is 2.16. The summed E-state index contributed by atoms with van der Waals surface area (Å²) in [4.78, 5) is 25.9.